The molecular formula is C11H17F. The molecule has 0 saturated heterocycles. The number of aryl methyl sites for hydroxylation is 1. The molecule has 0 heterocycles. The van der Waals surface area contributed by atoms with Gasteiger partial charge in [-0.2, -0.15) is 0 Å². The minimum absolute atomic E-state index is 0.132. The number of hydrogen-bond donors (Lipinski definition) is 0. The number of benzene rings is 1. The van der Waals surface area contributed by atoms with E-state index < -0.39 is 0 Å². The van der Waals surface area contributed by atoms with Crippen molar-refractivity contribution in [2.75, 3.05) is 0 Å². The van der Waals surface area contributed by atoms with Crippen LogP contribution >= 0.6 is 0 Å². The van der Waals surface area contributed by atoms with Crippen LogP contribution in [0.5, 0.6) is 0 Å². The quantitative estimate of drug-likeness (QED) is 0.595. The van der Waals surface area contributed by atoms with Crippen molar-refractivity contribution in [2.24, 2.45) is 0 Å². The highest BCUT2D eigenvalue weighted by atomic mass is 19.1. The smallest absolute Gasteiger partial charge is 0.126 e. The van der Waals surface area contributed by atoms with E-state index in [0.717, 1.165) is 0 Å². The van der Waals surface area contributed by atoms with Gasteiger partial charge < -0.3 is 0 Å². The van der Waals surface area contributed by atoms with Crippen LogP contribution in [-0.4, -0.2) is 0 Å². The molecule has 0 bridgehead atoms. The molecule has 0 aliphatic carbocycles. The van der Waals surface area contributed by atoms with E-state index >= 15 is 0 Å². The number of unbranched alkanes of at least 4 members (excludes halogenated alkanes) is 1. The van der Waals surface area contributed by atoms with Crippen molar-refractivity contribution in [3.05, 3.63) is 35.6 Å². The molecule has 1 rings (SSSR count). The van der Waals surface area contributed by atoms with Gasteiger partial charge in [-0.15, -0.1) is 0 Å². The van der Waals surface area contributed by atoms with E-state index in [1.54, 1.807) is 19.1 Å². The second kappa shape index (κ2) is 6.84. The van der Waals surface area contributed by atoms with Crippen LogP contribution in [-0.2, 0) is 0 Å². The molecule has 0 N–H and O–H groups in total. The standard InChI is InChI=1S/C7H7F.C4H10/c1-6-4-2-3-5-7(6)8;1-3-4-2/h2-5H,1H3;3-4H2,1-2H3. The molecule has 0 spiro atoms. The van der Waals surface area contributed by atoms with E-state index in [-0.39, 0.29) is 5.82 Å². The monoisotopic (exact) mass is 168 g/mol. The van der Waals surface area contributed by atoms with Gasteiger partial charge in [0.25, 0.3) is 0 Å². The lowest BCUT2D eigenvalue weighted by atomic mass is 10.2. The summed E-state index contributed by atoms with van der Waals surface area (Å²) in [7, 11) is 0. The van der Waals surface area contributed by atoms with E-state index in [1.165, 1.54) is 18.9 Å². The summed E-state index contributed by atoms with van der Waals surface area (Å²) in [5, 5.41) is 0. The van der Waals surface area contributed by atoms with Crippen LogP contribution in [0.15, 0.2) is 24.3 Å². The Hall–Kier alpha value is -0.850. The van der Waals surface area contributed by atoms with E-state index in [1.807, 2.05) is 6.07 Å². The number of hydrogen-bond acceptors (Lipinski definition) is 0. The molecule has 1 aromatic rings. The Bertz CT molecular complexity index is 183. The number of rotatable bonds is 1. The highest BCUT2D eigenvalue weighted by molar-refractivity contribution is 5.14. The van der Waals surface area contributed by atoms with Gasteiger partial charge in [0.2, 0.25) is 0 Å². The van der Waals surface area contributed by atoms with Crippen LogP contribution in [0.4, 0.5) is 4.39 Å². The Labute approximate surface area is 74.4 Å². The fourth-order valence-electron chi connectivity index (χ4n) is 0.551. The molecule has 0 amide bonds. The van der Waals surface area contributed by atoms with Crippen molar-refractivity contribution in [3.8, 4) is 0 Å². The summed E-state index contributed by atoms with van der Waals surface area (Å²) >= 11 is 0. The average molecular weight is 168 g/mol. The molecule has 1 aromatic carbocycles. The first-order chi connectivity index (χ1) is 5.72. The van der Waals surface area contributed by atoms with Crippen molar-refractivity contribution in [1.29, 1.82) is 0 Å². The second-order valence-electron chi connectivity index (χ2n) is 2.75. The van der Waals surface area contributed by atoms with Crippen LogP contribution in [0.25, 0.3) is 0 Å². The molecule has 0 saturated carbocycles. The first-order valence-electron chi connectivity index (χ1n) is 4.43. The normalized spacial score (nSPS) is 8.67. The lowest BCUT2D eigenvalue weighted by Gasteiger charge is -1.89. The predicted molar refractivity (Wildman–Crippen MR) is 51.7 cm³/mol. The zero-order chi connectivity index (χ0) is 9.40. The SMILES string of the molecule is CCCC.Cc1ccccc1F. The molecule has 0 fully saturated rings. The molecule has 1 heteroatoms. The Morgan fingerprint density at radius 3 is 1.83 bits per heavy atom. The van der Waals surface area contributed by atoms with Crippen LogP contribution < -0.4 is 0 Å². The van der Waals surface area contributed by atoms with Gasteiger partial charge in [-0.25, -0.2) is 4.39 Å². The third-order valence-corrected chi connectivity index (χ3v) is 1.58. The first-order valence-corrected chi connectivity index (χ1v) is 4.43. The van der Waals surface area contributed by atoms with Gasteiger partial charge in [0.1, 0.15) is 5.82 Å². The minimum Gasteiger partial charge on any atom is -0.207 e. The summed E-state index contributed by atoms with van der Waals surface area (Å²) in [5.41, 5.74) is 0.701. The summed E-state index contributed by atoms with van der Waals surface area (Å²) in [6.45, 7) is 6.11. The number of halogens is 1. The van der Waals surface area contributed by atoms with E-state index in [0.29, 0.717) is 5.56 Å². The van der Waals surface area contributed by atoms with Gasteiger partial charge in [0.05, 0.1) is 0 Å². The van der Waals surface area contributed by atoms with Crippen LogP contribution in [0.3, 0.4) is 0 Å². The Balaban J connectivity index is 0.000000261. The second-order valence-corrected chi connectivity index (χ2v) is 2.75. The van der Waals surface area contributed by atoms with Crippen molar-refractivity contribution in [2.45, 2.75) is 33.6 Å². The summed E-state index contributed by atoms with van der Waals surface area (Å²) < 4.78 is 12.3. The van der Waals surface area contributed by atoms with Gasteiger partial charge in [0, 0.05) is 0 Å². The maximum Gasteiger partial charge on any atom is 0.126 e. The topological polar surface area (TPSA) is 0 Å². The van der Waals surface area contributed by atoms with Crippen molar-refractivity contribution < 1.29 is 4.39 Å². The Morgan fingerprint density at radius 1 is 1.08 bits per heavy atom. The predicted octanol–water partition coefficient (Wildman–Crippen LogP) is 3.94. The summed E-state index contributed by atoms with van der Waals surface area (Å²) in [4.78, 5) is 0. The third-order valence-electron chi connectivity index (χ3n) is 1.58. The van der Waals surface area contributed by atoms with Crippen LogP contribution in [0.2, 0.25) is 0 Å². The zero-order valence-electron chi connectivity index (χ0n) is 8.10. The van der Waals surface area contributed by atoms with Crippen molar-refractivity contribution in [3.63, 3.8) is 0 Å². The van der Waals surface area contributed by atoms with E-state index in [2.05, 4.69) is 13.8 Å². The van der Waals surface area contributed by atoms with Gasteiger partial charge >= 0.3 is 0 Å². The molecule has 0 unspecified atom stereocenters. The maximum absolute atomic E-state index is 12.3. The van der Waals surface area contributed by atoms with Gasteiger partial charge in [-0.3, -0.25) is 0 Å². The van der Waals surface area contributed by atoms with E-state index in [4.69, 9.17) is 0 Å². The molecule has 0 nitrogen and oxygen atoms in total. The average Bonchev–Trinajstić information content (AvgIpc) is 2.11. The van der Waals surface area contributed by atoms with Crippen LogP contribution in [0, 0.1) is 12.7 Å². The van der Waals surface area contributed by atoms with E-state index in [9.17, 15) is 4.39 Å². The fraction of sp³-hybridized carbons (Fsp3) is 0.455. The Morgan fingerprint density at radius 2 is 1.58 bits per heavy atom. The summed E-state index contributed by atoms with van der Waals surface area (Å²) in [6.07, 6.45) is 2.64. The fourth-order valence-corrected chi connectivity index (χ4v) is 0.551. The molecule has 0 aliphatic heterocycles. The molecule has 12 heavy (non-hydrogen) atoms. The molecule has 0 aliphatic rings. The van der Waals surface area contributed by atoms with Crippen molar-refractivity contribution in [1.82, 2.24) is 0 Å². The zero-order valence-corrected chi connectivity index (χ0v) is 8.10. The highest BCUT2D eigenvalue weighted by Crippen LogP contribution is 2.01. The minimum atomic E-state index is -0.132. The van der Waals surface area contributed by atoms with Gasteiger partial charge in [-0.05, 0) is 18.6 Å². The molecular weight excluding hydrogens is 151 g/mol. The molecule has 0 atom stereocenters. The Kier molecular flexibility index (Phi) is 6.35. The summed E-state index contributed by atoms with van der Waals surface area (Å²) in [6, 6.07) is 6.70. The van der Waals surface area contributed by atoms with Crippen molar-refractivity contribution >= 4 is 0 Å². The first kappa shape index (κ1) is 11.2. The van der Waals surface area contributed by atoms with Crippen LogP contribution in [0.1, 0.15) is 32.3 Å². The van der Waals surface area contributed by atoms with Gasteiger partial charge in [0.15, 0.2) is 0 Å². The lowest BCUT2D eigenvalue weighted by Crippen LogP contribution is -1.76. The third kappa shape index (κ3) is 4.89. The molecule has 0 radical (unpaired) electrons. The molecule has 68 valence electrons. The molecule has 0 aromatic heterocycles. The maximum atomic E-state index is 12.3. The summed E-state index contributed by atoms with van der Waals surface area (Å²) in [5.74, 6) is -0.132. The largest absolute Gasteiger partial charge is 0.207 e. The van der Waals surface area contributed by atoms with Gasteiger partial charge in [-0.1, -0.05) is 44.9 Å². The highest BCUT2D eigenvalue weighted by Gasteiger charge is 1.88. The lowest BCUT2D eigenvalue weighted by molar-refractivity contribution is 0.618.